The zero-order valence-corrected chi connectivity index (χ0v) is 32.0. The van der Waals surface area contributed by atoms with Crippen LogP contribution < -0.4 is 10.3 Å². The molecule has 4 heterocycles. The number of benzene rings is 1. The number of rotatable bonds is 9. The molecular formula is C38H37ClF2N8O2S2. The minimum absolute atomic E-state index is 0.00304. The summed E-state index contributed by atoms with van der Waals surface area (Å²) in [6.45, 7) is 4.78. The van der Waals surface area contributed by atoms with E-state index in [-0.39, 0.29) is 48.5 Å². The highest BCUT2D eigenvalue weighted by Crippen LogP contribution is 2.42. The second kappa shape index (κ2) is 16.2. The van der Waals surface area contributed by atoms with E-state index in [0.717, 1.165) is 15.8 Å². The molecule has 1 aliphatic carbocycles. The van der Waals surface area contributed by atoms with Crippen molar-refractivity contribution in [2.24, 2.45) is 4.99 Å². The van der Waals surface area contributed by atoms with Gasteiger partial charge in [-0.3, -0.25) is 28.8 Å². The minimum atomic E-state index is -2.57. The number of aromatic nitrogens is 3. The van der Waals surface area contributed by atoms with E-state index in [1.807, 2.05) is 30.1 Å². The summed E-state index contributed by atoms with van der Waals surface area (Å²) in [6.07, 6.45) is 7.64. The predicted molar refractivity (Wildman–Crippen MR) is 208 cm³/mol. The summed E-state index contributed by atoms with van der Waals surface area (Å²) in [5.74, 6) is 4.29. The zero-order valence-electron chi connectivity index (χ0n) is 29.6. The van der Waals surface area contributed by atoms with Crippen LogP contribution in [0.1, 0.15) is 59.9 Å². The number of halogens is 3. The number of piperidine rings is 1. The molecule has 2 aliphatic rings. The lowest BCUT2D eigenvalue weighted by Crippen LogP contribution is -2.54. The molecule has 3 aromatic heterocycles. The predicted octanol–water partition coefficient (Wildman–Crippen LogP) is 7.02. The Morgan fingerprint density at radius 3 is 2.66 bits per heavy atom. The first-order valence-corrected chi connectivity index (χ1v) is 19.5. The average Bonchev–Trinajstić information content (AvgIpc) is 3.58. The molecule has 1 saturated carbocycles. The molecule has 1 amide bonds. The van der Waals surface area contributed by atoms with Crippen molar-refractivity contribution >= 4 is 62.8 Å². The number of likely N-dealkylation sites (tertiary alicyclic amines) is 1. The van der Waals surface area contributed by atoms with E-state index >= 15 is 0 Å². The lowest BCUT2D eigenvalue weighted by Gasteiger charge is -2.46. The highest BCUT2D eigenvalue weighted by Gasteiger charge is 2.48. The van der Waals surface area contributed by atoms with Crippen molar-refractivity contribution in [2.75, 3.05) is 26.4 Å². The van der Waals surface area contributed by atoms with Crippen molar-refractivity contribution in [1.82, 2.24) is 29.1 Å². The molecule has 1 aromatic carbocycles. The van der Waals surface area contributed by atoms with E-state index < -0.39 is 11.5 Å². The number of thiophene rings is 1. The van der Waals surface area contributed by atoms with Crippen molar-refractivity contribution < 1.29 is 13.6 Å². The number of alkyl halides is 2. The fraction of sp³-hybridized carbons (Fsp3) is 0.368. The van der Waals surface area contributed by atoms with Crippen molar-refractivity contribution in [2.45, 2.75) is 64.1 Å². The van der Waals surface area contributed by atoms with E-state index in [9.17, 15) is 23.6 Å². The smallest absolute Gasteiger partial charge is 0.264 e. The number of pyridine rings is 1. The second-order valence-electron chi connectivity index (χ2n) is 12.9. The zero-order chi connectivity index (χ0) is 37.9. The fourth-order valence-electron chi connectivity index (χ4n) is 6.83. The Hall–Kier alpha value is -4.60. The van der Waals surface area contributed by atoms with Crippen molar-refractivity contribution in [3.05, 3.63) is 85.8 Å². The van der Waals surface area contributed by atoms with Gasteiger partial charge in [0.1, 0.15) is 23.3 Å². The molecule has 6 rings (SSSR count). The van der Waals surface area contributed by atoms with Gasteiger partial charge < -0.3 is 4.90 Å². The Balaban J connectivity index is 1.28. The van der Waals surface area contributed by atoms with Crippen LogP contribution in [0, 0.1) is 30.1 Å². The number of carbonyl (C=O) groups is 1. The lowest BCUT2D eigenvalue weighted by molar-refractivity contribution is -0.128. The molecule has 0 spiro atoms. The van der Waals surface area contributed by atoms with Crippen LogP contribution in [-0.4, -0.2) is 80.9 Å². The molecule has 1 aliphatic heterocycles. The fourth-order valence-corrected chi connectivity index (χ4v) is 8.33. The van der Waals surface area contributed by atoms with Gasteiger partial charge in [0.2, 0.25) is 0 Å². The molecule has 0 radical (unpaired) electrons. The molecule has 15 heteroatoms. The van der Waals surface area contributed by atoms with Crippen LogP contribution >= 0.6 is 34.9 Å². The van der Waals surface area contributed by atoms with Crippen LogP contribution in [0.5, 0.6) is 0 Å². The number of nitrogens with zero attached hydrogens (tertiary/aromatic N) is 7. The first-order chi connectivity index (χ1) is 25.5. The largest absolute Gasteiger partial charge is 0.355 e. The molecule has 0 unspecified atom stereocenters. The summed E-state index contributed by atoms with van der Waals surface area (Å²) < 4.78 is 32.0. The normalized spacial score (nSPS) is 16.8. The van der Waals surface area contributed by atoms with Gasteiger partial charge in [0, 0.05) is 97.0 Å². The van der Waals surface area contributed by atoms with Crippen LogP contribution in [0.25, 0.3) is 26.9 Å². The second-order valence-corrected chi connectivity index (χ2v) is 14.8. The first-order valence-electron chi connectivity index (χ1n) is 17.0. The summed E-state index contributed by atoms with van der Waals surface area (Å²) in [5, 5.41) is 12.7. The van der Waals surface area contributed by atoms with Crippen LogP contribution in [-0.2, 0) is 6.54 Å². The third kappa shape index (κ3) is 8.02. The van der Waals surface area contributed by atoms with Crippen LogP contribution in [0.15, 0.2) is 57.6 Å². The first kappa shape index (κ1) is 38.1. The van der Waals surface area contributed by atoms with Crippen molar-refractivity contribution in [1.29, 1.82) is 5.26 Å². The SMILES string of the molecule is C/C=N\C(=C(\C#N)c1cnc(C)n(CC#Cc2ccc(Cl)cc2-c2ccnc3c(C(=O)NSC)csc23)c1=O)N(C)C1CCN(C2CC(F)(F)C2)CC1. The van der Waals surface area contributed by atoms with Crippen LogP contribution in [0.2, 0.25) is 5.02 Å². The number of aliphatic imine (C=N–C) groups is 1. The van der Waals surface area contributed by atoms with Gasteiger partial charge in [-0.25, -0.2) is 18.8 Å². The van der Waals surface area contributed by atoms with E-state index in [2.05, 4.69) is 42.5 Å². The minimum Gasteiger partial charge on any atom is -0.355 e. The Morgan fingerprint density at radius 1 is 1.23 bits per heavy atom. The molecule has 0 bridgehead atoms. The van der Waals surface area contributed by atoms with Crippen molar-refractivity contribution in [3.8, 4) is 29.0 Å². The molecule has 274 valence electrons. The molecule has 53 heavy (non-hydrogen) atoms. The number of fused-ring (bicyclic) bond motifs is 1. The van der Waals surface area contributed by atoms with Crippen LogP contribution in [0.4, 0.5) is 8.78 Å². The summed E-state index contributed by atoms with van der Waals surface area (Å²) >= 11 is 9.07. The third-order valence-corrected chi connectivity index (χ3v) is 11.3. The number of hydrogen-bond donors (Lipinski definition) is 1. The monoisotopic (exact) mass is 774 g/mol. The number of hydrogen-bond acceptors (Lipinski definition) is 10. The van der Waals surface area contributed by atoms with Gasteiger partial charge in [0.15, 0.2) is 0 Å². The van der Waals surface area contributed by atoms with Gasteiger partial charge in [0.05, 0.1) is 27.9 Å². The summed E-state index contributed by atoms with van der Waals surface area (Å²) in [5.41, 5.74) is 3.06. The van der Waals surface area contributed by atoms with Gasteiger partial charge in [0.25, 0.3) is 17.4 Å². The van der Waals surface area contributed by atoms with Gasteiger partial charge in [-0.2, -0.15) is 5.26 Å². The molecule has 4 aromatic rings. The molecule has 1 saturated heterocycles. The highest BCUT2D eigenvalue weighted by molar-refractivity contribution is 7.97. The molecule has 10 nitrogen and oxygen atoms in total. The summed E-state index contributed by atoms with van der Waals surface area (Å²) in [6, 6.07) is 9.33. The van der Waals surface area contributed by atoms with Gasteiger partial charge in [-0.1, -0.05) is 35.4 Å². The Labute approximate surface area is 319 Å². The summed E-state index contributed by atoms with van der Waals surface area (Å²) in [4.78, 5) is 44.2. The Bertz CT molecular complexity index is 2270. The van der Waals surface area contributed by atoms with Crippen molar-refractivity contribution in [3.63, 3.8) is 0 Å². The Kier molecular flexibility index (Phi) is 11.6. The van der Waals surface area contributed by atoms with E-state index in [1.165, 1.54) is 34.0 Å². The maximum Gasteiger partial charge on any atom is 0.264 e. The Morgan fingerprint density at radius 2 is 1.98 bits per heavy atom. The van der Waals surface area contributed by atoms with Gasteiger partial charge >= 0.3 is 0 Å². The standard InChI is InChI=1S/C38H37ClF2N8O2S2/c1-5-43-35(47(3)26-11-15-48(16-12-26)27-18-38(40,41)19-27)30(20-42)31-21-45-23(2)49(37(31)51)14-6-7-24-8-9-25(39)17-29(24)28-10-13-44-33-32(22-53-34(28)33)36(50)46-52-4/h5,8-10,13,17,21-22,26-27H,11-12,14-16,18-19H2,1-4H3,(H,46,50)/b35-30+,43-5-. The number of carbonyl (C=O) groups excluding carboxylic acids is 1. The maximum atomic E-state index is 14.0. The number of nitrogens with one attached hydrogen (secondary N) is 1. The topological polar surface area (TPSA) is 120 Å². The molecule has 0 atom stereocenters. The number of allylic oxidation sites excluding steroid dienone is 1. The number of nitriles is 1. The van der Waals surface area contributed by atoms with Gasteiger partial charge in [-0.05, 0) is 51.0 Å². The van der Waals surface area contributed by atoms with Gasteiger partial charge in [-0.15, -0.1) is 11.3 Å². The van der Waals surface area contributed by atoms with E-state index in [0.29, 0.717) is 59.2 Å². The summed E-state index contributed by atoms with van der Waals surface area (Å²) in [7, 11) is 1.85. The molecular weight excluding hydrogens is 738 g/mol. The number of aryl methyl sites for hydroxylation is 1. The maximum absolute atomic E-state index is 14.0. The average molecular weight is 775 g/mol. The van der Waals surface area contributed by atoms with E-state index in [1.54, 1.807) is 44.0 Å². The quantitative estimate of drug-likeness (QED) is 0.0835. The molecule has 2 fully saturated rings. The van der Waals surface area contributed by atoms with E-state index in [4.69, 9.17) is 11.6 Å². The highest BCUT2D eigenvalue weighted by atomic mass is 35.5. The lowest BCUT2D eigenvalue weighted by atomic mass is 9.85. The molecule has 1 N–H and O–H groups in total. The number of amides is 1. The van der Waals surface area contributed by atoms with Crippen LogP contribution in [0.3, 0.4) is 0 Å². The third-order valence-electron chi connectivity index (χ3n) is 9.69.